The van der Waals surface area contributed by atoms with E-state index in [2.05, 4.69) is 10.4 Å². The van der Waals surface area contributed by atoms with Crippen LogP contribution in [-0.2, 0) is 32.7 Å². The predicted octanol–water partition coefficient (Wildman–Crippen LogP) is 4.30. The summed E-state index contributed by atoms with van der Waals surface area (Å²) >= 11 is 0. The van der Waals surface area contributed by atoms with Crippen molar-refractivity contribution in [3.05, 3.63) is 48.0 Å². The van der Waals surface area contributed by atoms with Crippen molar-refractivity contribution in [2.75, 3.05) is 26.2 Å². The highest BCUT2D eigenvalue weighted by atomic mass is 19.1. The molecule has 222 valence electrons. The Labute approximate surface area is 243 Å². The van der Waals surface area contributed by atoms with Crippen LogP contribution in [0.2, 0.25) is 0 Å². The number of benzene rings is 2. The number of likely N-dealkylation sites (tertiary alicyclic amines) is 1. The number of aromatic nitrogens is 4. The second-order valence-corrected chi connectivity index (χ2v) is 10.8. The number of amides is 2. The molecule has 0 atom stereocenters. The van der Waals surface area contributed by atoms with Gasteiger partial charge >= 0.3 is 5.97 Å². The minimum Gasteiger partial charge on any atom is -0.465 e. The third-order valence-corrected chi connectivity index (χ3v) is 8.02. The van der Waals surface area contributed by atoms with E-state index in [1.165, 1.54) is 6.07 Å². The molecule has 3 heterocycles. The van der Waals surface area contributed by atoms with Crippen molar-refractivity contribution in [3.8, 4) is 11.1 Å². The van der Waals surface area contributed by atoms with E-state index in [1.807, 2.05) is 40.9 Å². The Kier molecular flexibility index (Phi) is 8.84. The first-order valence-electron chi connectivity index (χ1n) is 14.6. The number of rotatable bonds is 10. The molecule has 2 amide bonds. The molecule has 2 aromatic carbocycles. The van der Waals surface area contributed by atoms with E-state index in [0.717, 1.165) is 45.9 Å². The maximum atomic E-state index is 15.6. The van der Waals surface area contributed by atoms with Crippen molar-refractivity contribution in [1.82, 2.24) is 29.8 Å². The van der Waals surface area contributed by atoms with Crippen LogP contribution in [0, 0.1) is 5.82 Å². The SMILES string of the molecule is CCOC(=O)CNC(=O)CCCCn1nc(C2CCN(C(C)=O)CC2)c2c(-c3cc4c(cnn4C)cc3F)cccc21. The van der Waals surface area contributed by atoms with Gasteiger partial charge in [0.15, 0.2) is 0 Å². The van der Waals surface area contributed by atoms with Gasteiger partial charge in [-0.1, -0.05) is 12.1 Å². The summed E-state index contributed by atoms with van der Waals surface area (Å²) in [5.74, 6) is -0.771. The largest absolute Gasteiger partial charge is 0.465 e. The molecule has 0 saturated carbocycles. The van der Waals surface area contributed by atoms with Crippen molar-refractivity contribution < 1.29 is 23.5 Å². The summed E-state index contributed by atoms with van der Waals surface area (Å²) in [6.45, 7) is 5.36. The molecule has 1 saturated heterocycles. The fourth-order valence-electron chi connectivity index (χ4n) is 5.80. The van der Waals surface area contributed by atoms with Crippen LogP contribution < -0.4 is 5.32 Å². The molecule has 1 aliphatic rings. The summed E-state index contributed by atoms with van der Waals surface area (Å²) in [5.41, 5.74) is 3.94. The molecule has 0 unspecified atom stereocenters. The smallest absolute Gasteiger partial charge is 0.325 e. The maximum Gasteiger partial charge on any atom is 0.325 e. The zero-order chi connectivity index (χ0) is 29.8. The summed E-state index contributed by atoms with van der Waals surface area (Å²) in [4.78, 5) is 37.5. The summed E-state index contributed by atoms with van der Waals surface area (Å²) < 4.78 is 24.1. The molecule has 5 rings (SSSR count). The Morgan fingerprint density at radius 2 is 1.88 bits per heavy atom. The highest BCUT2D eigenvalue weighted by molar-refractivity contribution is 5.99. The molecule has 10 nitrogen and oxygen atoms in total. The summed E-state index contributed by atoms with van der Waals surface area (Å²) in [6.07, 6.45) is 4.83. The predicted molar refractivity (Wildman–Crippen MR) is 157 cm³/mol. The Hall–Kier alpha value is -4.28. The van der Waals surface area contributed by atoms with Gasteiger partial charge in [-0.15, -0.1) is 0 Å². The summed E-state index contributed by atoms with van der Waals surface area (Å²) in [7, 11) is 1.84. The zero-order valence-corrected chi connectivity index (χ0v) is 24.4. The number of nitrogens with zero attached hydrogens (tertiary/aromatic N) is 5. The van der Waals surface area contributed by atoms with Gasteiger partial charge in [0.25, 0.3) is 0 Å². The third-order valence-electron chi connectivity index (χ3n) is 8.02. The highest BCUT2D eigenvalue weighted by Crippen LogP contribution is 2.39. The van der Waals surface area contributed by atoms with Crippen molar-refractivity contribution >= 4 is 39.6 Å². The molecular formula is C31H37FN6O4. The number of carbonyl (C=O) groups excluding carboxylic acids is 3. The Morgan fingerprint density at radius 1 is 1.10 bits per heavy atom. The number of carbonyl (C=O) groups is 3. The zero-order valence-electron chi connectivity index (χ0n) is 24.4. The van der Waals surface area contributed by atoms with E-state index in [1.54, 1.807) is 24.7 Å². The Morgan fingerprint density at radius 3 is 2.62 bits per heavy atom. The maximum absolute atomic E-state index is 15.6. The highest BCUT2D eigenvalue weighted by Gasteiger charge is 2.28. The van der Waals surface area contributed by atoms with Gasteiger partial charge in [-0.2, -0.15) is 10.2 Å². The van der Waals surface area contributed by atoms with Crippen LogP contribution in [0.5, 0.6) is 0 Å². The quantitative estimate of drug-likeness (QED) is 0.223. The number of aryl methyl sites for hydroxylation is 2. The molecule has 0 bridgehead atoms. The number of hydrogen-bond acceptors (Lipinski definition) is 6. The van der Waals surface area contributed by atoms with Crippen LogP contribution >= 0.6 is 0 Å². The second kappa shape index (κ2) is 12.7. The van der Waals surface area contributed by atoms with E-state index in [0.29, 0.717) is 38.0 Å². The fraction of sp³-hybridized carbons (Fsp3) is 0.452. The molecule has 0 aliphatic carbocycles. The van der Waals surface area contributed by atoms with E-state index in [4.69, 9.17) is 9.84 Å². The van der Waals surface area contributed by atoms with Gasteiger partial charge < -0.3 is 15.0 Å². The minimum absolute atomic E-state index is 0.0716. The van der Waals surface area contributed by atoms with Gasteiger partial charge in [0.1, 0.15) is 12.4 Å². The number of piperidine rings is 1. The molecule has 11 heteroatoms. The summed E-state index contributed by atoms with van der Waals surface area (Å²) in [5, 5.41) is 13.6. The molecule has 0 radical (unpaired) electrons. The number of fused-ring (bicyclic) bond motifs is 2. The summed E-state index contributed by atoms with van der Waals surface area (Å²) in [6, 6.07) is 9.25. The van der Waals surface area contributed by atoms with Crippen molar-refractivity contribution in [2.45, 2.75) is 58.4 Å². The minimum atomic E-state index is -0.453. The van der Waals surface area contributed by atoms with Crippen molar-refractivity contribution in [1.29, 1.82) is 0 Å². The number of halogens is 1. The normalized spacial score (nSPS) is 14.0. The average Bonchev–Trinajstić information content (AvgIpc) is 3.54. The van der Waals surface area contributed by atoms with Crippen LogP contribution in [0.25, 0.3) is 32.9 Å². The van der Waals surface area contributed by atoms with Gasteiger partial charge in [-0.25, -0.2) is 4.39 Å². The van der Waals surface area contributed by atoms with Crippen molar-refractivity contribution in [3.63, 3.8) is 0 Å². The molecule has 1 N–H and O–H groups in total. The van der Waals surface area contributed by atoms with Gasteiger partial charge in [0.2, 0.25) is 11.8 Å². The van der Waals surface area contributed by atoms with Crippen LogP contribution in [0.1, 0.15) is 57.6 Å². The first kappa shape index (κ1) is 29.2. The lowest BCUT2D eigenvalue weighted by Gasteiger charge is -2.30. The number of esters is 1. The standard InChI is InChI=1S/C31H37FN6O4/c1-4-42-29(41)19-33-28(40)10-5-6-13-38-26-9-7-8-23(24-17-27-22(16-25(24)32)18-34-36(27)3)30(26)31(35-38)21-11-14-37(15-12-21)20(2)39/h7-9,16-18,21H,4-6,10-15,19H2,1-3H3,(H,33,40). The van der Waals surface area contributed by atoms with Gasteiger partial charge in [-0.05, 0) is 56.4 Å². The Bertz CT molecular complexity index is 1620. The number of unbranched alkanes of at least 4 members (excludes halogenated alkanes) is 1. The molecule has 1 aliphatic heterocycles. The topological polar surface area (TPSA) is 111 Å². The van der Waals surface area contributed by atoms with Crippen LogP contribution in [-0.4, -0.2) is 68.5 Å². The molecule has 2 aromatic heterocycles. The molecule has 1 fully saturated rings. The van der Waals surface area contributed by atoms with Gasteiger partial charge in [0.05, 0.1) is 29.5 Å². The van der Waals surface area contributed by atoms with E-state index < -0.39 is 5.97 Å². The molecule has 42 heavy (non-hydrogen) atoms. The van der Waals surface area contributed by atoms with Gasteiger partial charge in [0, 0.05) is 62.3 Å². The van der Waals surface area contributed by atoms with Crippen LogP contribution in [0.3, 0.4) is 0 Å². The first-order valence-corrected chi connectivity index (χ1v) is 14.6. The van der Waals surface area contributed by atoms with Crippen LogP contribution in [0.15, 0.2) is 36.5 Å². The number of hydrogen-bond donors (Lipinski definition) is 1. The number of nitrogens with one attached hydrogen (secondary N) is 1. The lowest BCUT2D eigenvalue weighted by molar-refractivity contribution is -0.143. The lowest BCUT2D eigenvalue weighted by atomic mass is 9.89. The second-order valence-electron chi connectivity index (χ2n) is 10.8. The molecule has 4 aromatic rings. The van der Waals surface area contributed by atoms with E-state index >= 15 is 4.39 Å². The van der Waals surface area contributed by atoms with Gasteiger partial charge in [-0.3, -0.25) is 23.7 Å². The molecular weight excluding hydrogens is 539 g/mol. The number of ether oxygens (including phenoxy) is 1. The van der Waals surface area contributed by atoms with Crippen molar-refractivity contribution in [2.24, 2.45) is 7.05 Å². The Balaban J connectivity index is 1.42. The monoisotopic (exact) mass is 576 g/mol. The van der Waals surface area contributed by atoms with E-state index in [9.17, 15) is 14.4 Å². The average molecular weight is 577 g/mol. The third kappa shape index (κ3) is 6.14. The van der Waals surface area contributed by atoms with E-state index in [-0.39, 0.29) is 43.1 Å². The van der Waals surface area contributed by atoms with Crippen LogP contribution in [0.4, 0.5) is 4.39 Å². The lowest BCUT2D eigenvalue weighted by Crippen LogP contribution is -2.36. The molecule has 0 spiro atoms. The fourth-order valence-corrected chi connectivity index (χ4v) is 5.80. The first-order chi connectivity index (χ1) is 20.3.